The Labute approximate surface area is 295 Å². The second-order valence-electron chi connectivity index (χ2n) is 12.1. The molecule has 4 heterocycles. The molecule has 7 rings (SSSR count). The van der Waals surface area contributed by atoms with Crippen molar-refractivity contribution in [2.24, 2.45) is 5.92 Å². The predicted molar refractivity (Wildman–Crippen MR) is 196 cm³/mol. The number of carbonyl (C=O) groups excluding carboxylic acids is 2. The summed E-state index contributed by atoms with van der Waals surface area (Å²) in [6.45, 7) is 3.66. The molecule has 3 aromatic heterocycles. The Morgan fingerprint density at radius 2 is 1.65 bits per heavy atom. The molecule has 0 amide bonds. The molecule has 51 heavy (non-hydrogen) atoms. The van der Waals surface area contributed by atoms with Gasteiger partial charge in [-0.3, -0.25) is 14.5 Å². The SMILES string of the molecule is CCOC(=O)C1=C(c2ccc(-n3cnc4cnccc43)cc2)NC(C)=C(C(=O)OCC#Cc2cnc3ccccc3c2)C1CCc1ccccc1. The topological polar surface area (TPSA) is 108 Å². The van der Waals surface area contributed by atoms with Crippen molar-refractivity contribution in [1.82, 2.24) is 24.8 Å². The van der Waals surface area contributed by atoms with Gasteiger partial charge in [0.25, 0.3) is 0 Å². The molecule has 9 nitrogen and oxygen atoms in total. The summed E-state index contributed by atoms with van der Waals surface area (Å²) in [5.41, 5.74) is 8.05. The Bertz CT molecular complexity index is 2370. The number of dihydropyridines is 1. The maximum Gasteiger partial charge on any atom is 0.337 e. The molecule has 1 unspecified atom stereocenters. The highest BCUT2D eigenvalue weighted by molar-refractivity contribution is 6.03. The first-order chi connectivity index (χ1) is 25.0. The summed E-state index contributed by atoms with van der Waals surface area (Å²) >= 11 is 0. The number of rotatable bonds is 9. The van der Waals surface area contributed by atoms with Crippen molar-refractivity contribution in [3.8, 4) is 17.5 Å². The molecule has 0 radical (unpaired) electrons. The van der Waals surface area contributed by atoms with Crippen molar-refractivity contribution in [2.75, 3.05) is 13.2 Å². The predicted octanol–water partition coefficient (Wildman–Crippen LogP) is 6.96. The molecule has 6 aromatic rings. The number of benzene rings is 3. The van der Waals surface area contributed by atoms with Gasteiger partial charge in [0, 0.05) is 40.6 Å². The van der Waals surface area contributed by atoms with Crippen LogP contribution in [0.3, 0.4) is 0 Å². The number of carbonyl (C=O) groups is 2. The summed E-state index contributed by atoms with van der Waals surface area (Å²) in [6, 6.07) is 29.5. The number of nitrogens with one attached hydrogen (secondary N) is 1. The molecule has 0 bridgehead atoms. The lowest BCUT2D eigenvalue weighted by Gasteiger charge is -2.31. The maximum atomic E-state index is 13.9. The summed E-state index contributed by atoms with van der Waals surface area (Å²) in [6.07, 6.45) is 8.03. The van der Waals surface area contributed by atoms with Gasteiger partial charge in [0.15, 0.2) is 6.61 Å². The fourth-order valence-corrected chi connectivity index (χ4v) is 6.44. The zero-order valence-corrected chi connectivity index (χ0v) is 28.3. The fraction of sp³-hybridized carbons (Fsp3) is 0.167. The molecule has 0 saturated heterocycles. The Morgan fingerprint density at radius 1 is 0.863 bits per heavy atom. The van der Waals surface area contributed by atoms with E-state index in [0.29, 0.717) is 35.4 Å². The molecule has 252 valence electrons. The van der Waals surface area contributed by atoms with E-state index in [9.17, 15) is 9.59 Å². The van der Waals surface area contributed by atoms with E-state index in [1.54, 1.807) is 31.8 Å². The highest BCUT2D eigenvalue weighted by Crippen LogP contribution is 2.38. The van der Waals surface area contributed by atoms with Crippen molar-refractivity contribution in [3.05, 3.63) is 149 Å². The van der Waals surface area contributed by atoms with Crippen LogP contribution in [0, 0.1) is 17.8 Å². The number of allylic oxidation sites excluding steroid dienone is 1. The summed E-state index contributed by atoms with van der Waals surface area (Å²) in [4.78, 5) is 40.8. The largest absolute Gasteiger partial charge is 0.463 e. The van der Waals surface area contributed by atoms with E-state index in [0.717, 1.165) is 44.3 Å². The number of imidazole rings is 1. The highest BCUT2D eigenvalue weighted by Gasteiger charge is 2.38. The smallest absolute Gasteiger partial charge is 0.337 e. The first kappa shape index (κ1) is 33.0. The van der Waals surface area contributed by atoms with Crippen LogP contribution in [-0.2, 0) is 25.5 Å². The van der Waals surface area contributed by atoms with Crippen molar-refractivity contribution in [2.45, 2.75) is 26.7 Å². The van der Waals surface area contributed by atoms with Gasteiger partial charge in [-0.2, -0.15) is 0 Å². The van der Waals surface area contributed by atoms with Gasteiger partial charge in [0.1, 0.15) is 11.8 Å². The third-order valence-corrected chi connectivity index (χ3v) is 8.84. The summed E-state index contributed by atoms with van der Waals surface area (Å²) < 4.78 is 13.4. The number of esters is 2. The molecule has 3 aromatic carbocycles. The Hall–Kier alpha value is -6.53. The quantitative estimate of drug-likeness (QED) is 0.130. The first-order valence-electron chi connectivity index (χ1n) is 16.8. The summed E-state index contributed by atoms with van der Waals surface area (Å²) in [7, 11) is 0. The molecule has 0 aliphatic carbocycles. The van der Waals surface area contributed by atoms with Crippen LogP contribution in [0.25, 0.3) is 33.3 Å². The minimum Gasteiger partial charge on any atom is -0.463 e. The summed E-state index contributed by atoms with van der Waals surface area (Å²) in [5.74, 6) is 4.37. The van der Waals surface area contributed by atoms with Crippen LogP contribution in [0.1, 0.15) is 37.0 Å². The van der Waals surface area contributed by atoms with Crippen molar-refractivity contribution >= 4 is 39.6 Å². The average molecular weight is 674 g/mol. The van der Waals surface area contributed by atoms with E-state index in [4.69, 9.17) is 9.47 Å². The number of ether oxygens (including phenoxy) is 2. The van der Waals surface area contributed by atoms with Gasteiger partial charge in [-0.1, -0.05) is 72.5 Å². The van der Waals surface area contributed by atoms with Crippen LogP contribution in [0.4, 0.5) is 0 Å². The third kappa shape index (κ3) is 7.12. The van der Waals surface area contributed by atoms with Crippen LogP contribution in [0.15, 0.2) is 133 Å². The van der Waals surface area contributed by atoms with Gasteiger partial charge in [-0.25, -0.2) is 14.6 Å². The van der Waals surface area contributed by atoms with E-state index < -0.39 is 17.9 Å². The average Bonchev–Trinajstić information content (AvgIpc) is 3.60. The zero-order valence-electron chi connectivity index (χ0n) is 28.3. The van der Waals surface area contributed by atoms with Crippen LogP contribution in [-0.4, -0.2) is 44.7 Å². The lowest BCUT2D eigenvalue weighted by molar-refractivity contribution is -0.139. The molecule has 1 aliphatic heterocycles. The van der Waals surface area contributed by atoms with E-state index in [-0.39, 0.29) is 13.2 Å². The molecule has 1 N–H and O–H groups in total. The normalized spacial score (nSPS) is 14.2. The second-order valence-corrected chi connectivity index (χ2v) is 12.1. The van der Waals surface area contributed by atoms with Crippen LogP contribution >= 0.6 is 0 Å². The minimum atomic E-state index is -0.601. The van der Waals surface area contributed by atoms with Crippen molar-refractivity contribution < 1.29 is 19.1 Å². The number of fused-ring (bicyclic) bond motifs is 2. The molecule has 0 saturated carbocycles. The van der Waals surface area contributed by atoms with Crippen molar-refractivity contribution in [3.63, 3.8) is 0 Å². The Balaban J connectivity index is 1.20. The van der Waals surface area contributed by atoms with E-state index in [2.05, 4.69) is 32.1 Å². The number of para-hydroxylation sites is 1. The van der Waals surface area contributed by atoms with Crippen molar-refractivity contribution in [1.29, 1.82) is 0 Å². The standard InChI is InChI=1S/C42H35N5O4/c1-3-50-42(49)39-34(20-15-29-10-5-4-6-11-29)38(41(48)51-23-9-12-30-24-32-13-7-8-14-35(32)44-25-30)28(2)46-40(39)31-16-18-33(19-17-31)47-27-45-36-26-43-22-21-37(36)47/h4-8,10-11,13-14,16-19,21-22,24-27,34,46H,3,15,20,23H2,1-2H3. The van der Waals surface area contributed by atoms with Crippen LogP contribution in [0.2, 0.25) is 0 Å². The number of hydrogen-bond donors (Lipinski definition) is 1. The number of hydrogen-bond acceptors (Lipinski definition) is 8. The second kappa shape index (κ2) is 14.9. The molecular weight excluding hydrogens is 638 g/mol. The van der Waals surface area contributed by atoms with Gasteiger partial charge in [-0.15, -0.1) is 0 Å². The molecule has 9 heteroatoms. The minimum absolute atomic E-state index is 0.125. The number of nitrogens with zero attached hydrogens (tertiary/aromatic N) is 4. The molecule has 1 atom stereocenters. The van der Waals surface area contributed by atoms with Crippen LogP contribution in [0.5, 0.6) is 0 Å². The first-order valence-corrected chi connectivity index (χ1v) is 16.8. The zero-order chi connectivity index (χ0) is 35.2. The number of pyridine rings is 2. The van der Waals surface area contributed by atoms with Gasteiger partial charge in [0.2, 0.25) is 0 Å². The highest BCUT2D eigenvalue weighted by atomic mass is 16.5. The lowest BCUT2D eigenvalue weighted by atomic mass is 9.80. The van der Waals surface area contributed by atoms with Gasteiger partial charge >= 0.3 is 11.9 Å². The van der Waals surface area contributed by atoms with Gasteiger partial charge < -0.3 is 14.8 Å². The molecule has 1 aliphatic rings. The number of aromatic nitrogens is 4. The summed E-state index contributed by atoms with van der Waals surface area (Å²) in [5, 5.41) is 4.36. The van der Waals surface area contributed by atoms with E-state index in [1.807, 2.05) is 102 Å². The molecular formula is C42H35N5O4. The number of aryl methyl sites for hydroxylation is 1. The fourth-order valence-electron chi connectivity index (χ4n) is 6.44. The monoisotopic (exact) mass is 673 g/mol. The Kier molecular flexibility index (Phi) is 9.66. The van der Waals surface area contributed by atoms with Gasteiger partial charge in [0.05, 0.1) is 40.7 Å². The molecule has 0 fully saturated rings. The van der Waals surface area contributed by atoms with E-state index >= 15 is 0 Å². The Morgan fingerprint density at radius 3 is 2.47 bits per heavy atom. The van der Waals surface area contributed by atoms with E-state index in [1.165, 1.54) is 0 Å². The molecule has 0 spiro atoms. The lowest BCUT2D eigenvalue weighted by Crippen LogP contribution is -2.34. The van der Waals surface area contributed by atoms with Crippen LogP contribution < -0.4 is 5.32 Å². The maximum absolute atomic E-state index is 13.9. The van der Waals surface area contributed by atoms with Gasteiger partial charge in [-0.05, 0) is 68.1 Å². The third-order valence-electron chi connectivity index (χ3n) is 8.84.